The summed E-state index contributed by atoms with van der Waals surface area (Å²) in [5.41, 5.74) is 5.94. The highest BCUT2D eigenvalue weighted by molar-refractivity contribution is 6.30. The number of hydrogen-bond acceptors (Lipinski definition) is 6. The molecule has 6 nitrogen and oxygen atoms in total. The van der Waals surface area contributed by atoms with Crippen molar-refractivity contribution in [2.24, 2.45) is 10.3 Å². The third-order valence-electron chi connectivity index (χ3n) is 7.23. The first-order valence-corrected chi connectivity index (χ1v) is 14.8. The van der Waals surface area contributed by atoms with Gasteiger partial charge in [0.25, 0.3) is 0 Å². The van der Waals surface area contributed by atoms with E-state index in [1.54, 1.807) is 0 Å². The number of nitrogens with zero attached hydrogens (tertiary/aromatic N) is 2. The average molecular weight is 602 g/mol. The van der Waals surface area contributed by atoms with Gasteiger partial charge in [0.15, 0.2) is 12.2 Å². The van der Waals surface area contributed by atoms with Crippen molar-refractivity contribution < 1.29 is 19.1 Å². The number of oxime groups is 2. The van der Waals surface area contributed by atoms with E-state index in [-0.39, 0.29) is 12.2 Å². The van der Waals surface area contributed by atoms with E-state index in [2.05, 4.69) is 10.3 Å². The van der Waals surface area contributed by atoms with Gasteiger partial charge in [0.2, 0.25) is 0 Å². The van der Waals surface area contributed by atoms with Crippen LogP contribution in [0.25, 0.3) is 0 Å². The minimum atomic E-state index is -0.103. The minimum Gasteiger partial charge on any atom is -0.494 e. The Bertz CT molecular complexity index is 1450. The molecule has 2 atom stereocenters. The van der Waals surface area contributed by atoms with E-state index in [0.717, 1.165) is 58.0 Å². The highest BCUT2D eigenvalue weighted by Crippen LogP contribution is 2.32. The summed E-state index contributed by atoms with van der Waals surface area (Å²) in [6.07, 6.45) is 2.94. The van der Waals surface area contributed by atoms with Crippen LogP contribution in [0.5, 0.6) is 11.5 Å². The molecular formula is C34H30Cl2N2O4. The molecule has 6 rings (SSSR count). The standard InChI is InChI=1S/C34H30Cl2N2O4/c35-27-13-9-23(10-14-27)33-21-31(37-41-33)25-5-3-7-29(19-25)39-17-1-2-18-40-30-8-4-6-26(20-30)32-22-34(42-38-32)24-11-15-28(36)16-12-24/h3-16,19-20,33-34H,1-2,17-18,21-22H2. The van der Waals surface area contributed by atoms with Crippen molar-refractivity contribution in [3.63, 3.8) is 0 Å². The fourth-order valence-electron chi connectivity index (χ4n) is 4.92. The van der Waals surface area contributed by atoms with E-state index in [0.29, 0.717) is 36.1 Å². The van der Waals surface area contributed by atoms with Gasteiger partial charge in [-0.3, -0.25) is 0 Å². The fourth-order valence-corrected chi connectivity index (χ4v) is 5.18. The van der Waals surface area contributed by atoms with Crippen LogP contribution in [0.4, 0.5) is 0 Å². The molecular weight excluding hydrogens is 571 g/mol. The minimum absolute atomic E-state index is 0.103. The molecule has 0 radical (unpaired) electrons. The molecule has 0 aromatic heterocycles. The predicted octanol–water partition coefficient (Wildman–Crippen LogP) is 8.96. The molecule has 0 bridgehead atoms. The van der Waals surface area contributed by atoms with Gasteiger partial charge in [0.1, 0.15) is 11.5 Å². The highest BCUT2D eigenvalue weighted by atomic mass is 35.5. The zero-order valence-corrected chi connectivity index (χ0v) is 24.4. The summed E-state index contributed by atoms with van der Waals surface area (Å²) >= 11 is 12.0. The van der Waals surface area contributed by atoms with Crippen molar-refractivity contribution in [3.8, 4) is 11.5 Å². The molecule has 0 spiro atoms. The van der Waals surface area contributed by atoms with E-state index in [1.807, 2.05) is 97.1 Å². The summed E-state index contributed by atoms with van der Waals surface area (Å²) in [7, 11) is 0. The van der Waals surface area contributed by atoms with Crippen LogP contribution in [-0.4, -0.2) is 24.6 Å². The molecule has 2 unspecified atom stereocenters. The van der Waals surface area contributed by atoms with Crippen LogP contribution in [0.1, 0.15) is 60.1 Å². The largest absolute Gasteiger partial charge is 0.494 e. The van der Waals surface area contributed by atoms with Crippen molar-refractivity contribution in [2.75, 3.05) is 13.2 Å². The highest BCUT2D eigenvalue weighted by Gasteiger charge is 2.25. The molecule has 0 amide bonds. The van der Waals surface area contributed by atoms with E-state index >= 15 is 0 Å². The summed E-state index contributed by atoms with van der Waals surface area (Å²) in [4.78, 5) is 11.4. The Morgan fingerprint density at radius 3 is 1.45 bits per heavy atom. The zero-order chi connectivity index (χ0) is 28.7. The van der Waals surface area contributed by atoms with Crippen LogP contribution >= 0.6 is 23.2 Å². The van der Waals surface area contributed by atoms with Crippen molar-refractivity contribution >= 4 is 34.6 Å². The molecule has 8 heteroatoms. The fraction of sp³-hybridized carbons (Fsp3) is 0.235. The van der Waals surface area contributed by atoms with E-state index < -0.39 is 0 Å². The van der Waals surface area contributed by atoms with Gasteiger partial charge in [0.05, 0.1) is 24.6 Å². The topological polar surface area (TPSA) is 61.6 Å². The second kappa shape index (κ2) is 13.3. The summed E-state index contributed by atoms with van der Waals surface area (Å²) in [5, 5.41) is 10.1. The Morgan fingerprint density at radius 1 is 0.595 bits per heavy atom. The lowest BCUT2D eigenvalue weighted by Crippen LogP contribution is -2.05. The summed E-state index contributed by atoms with van der Waals surface area (Å²) < 4.78 is 12.0. The van der Waals surface area contributed by atoms with Crippen molar-refractivity contribution in [3.05, 3.63) is 129 Å². The van der Waals surface area contributed by atoms with E-state index in [4.69, 9.17) is 42.4 Å². The first kappa shape index (κ1) is 28.1. The molecule has 42 heavy (non-hydrogen) atoms. The second-order valence-electron chi connectivity index (χ2n) is 10.2. The summed E-state index contributed by atoms with van der Waals surface area (Å²) in [5.74, 6) is 1.63. The number of rotatable bonds is 11. The van der Waals surface area contributed by atoms with Gasteiger partial charge in [-0.25, -0.2) is 0 Å². The second-order valence-corrected chi connectivity index (χ2v) is 11.1. The average Bonchev–Trinajstić information content (AvgIpc) is 3.71. The Balaban J connectivity index is 0.925. The first-order chi connectivity index (χ1) is 20.6. The maximum atomic E-state index is 6.02. The number of ether oxygens (including phenoxy) is 2. The van der Waals surface area contributed by atoms with Gasteiger partial charge >= 0.3 is 0 Å². The van der Waals surface area contributed by atoms with E-state index in [1.165, 1.54) is 0 Å². The molecule has 0 saturated heterocycles. The Hall–Kier alpha value is -4.00. The SMILES string of the molecule is Clc1ccc(C2CC(c3cccc(OCCCCOc4cccc(C5=NOC(c6ccc(Cl)cc6)C5)c4)c3)=NO2)cc1. The summed E-state index contributed by atoms with van der Waals surface area (Å²) in [6.45, 7) is 1.20. The lowest BCUT2D eigenvalue weighted by molar-refractivity contribution is 0.0857. The molecule has 0 N–H and O–H groups in total. The van der Waals surface area contributed by atoms with E-state index in [9.17, 15) is 0 Å². The Morgan fingerprint density at radius 2 is 1.02 bits per heavy atom. The molecule has 4 aromatic carbocycles. The normalized spacial score (nSPS) is 17.7. The zero-order valence-electron chi connectivity index (χ0n) is 22.9. The Labute approximate surface area is 255 Å². The molecule has 0 fully saturated rings. The molecule has 2 aliphatic rings. The van der Waals surface area contributed by atoms with Crippen LogP contribution in [0.2, 0.25) is 10.0 Å². The number of hydrogen-bond donors (Lipinski definition) is 0. The van der Waals surface area contributed by atoms with Crippen molar-refractivity contribution in [2.45, 2.75) is 37.9 Å². The monoisotopic (exact) mass is 600 g/mol. The quantitative estimate of drug-likeness (QED) is 0.161. The third-order valence-corrected chi connectivity index (χ3v) is 7.74. The number of benzene rings is 4. The smallest absolute Gasteiger partial charge is 0.158 e. The maximum absolute atomic E-state index is 6.02. The Kier molecular flexibility index (Phi) is 8.92. The molecule has 2 aliphatic heterocycles. The number of halogens is 2. The van der Waals surface area contributed by atoms with Crippen molar-refractivity contribution in [1.82, 2.24) is 0 Å². The van der Waals surface area contributed by atoms with Gasteiger partial charge in [-0.2, -0.15) is 0 Å². The van der Waals surface area contributed by atoms with Gasteiger partial charge < -0.3 is 19.1 Å². The summed E-state index contributed by atoms with van der Waals surface area (Å²) in [6, 6.07) is 31.4. The first-order valence-electron chi connectivity index (χ1n) is 14.0. The lowest BCUT2D eigenvalue weighted by atomic mass is 10.0. The van der Waals surface area contributed by atoms with Crippen LogP contribution in [0.15, 0.2) is 107 Å². The van der Waals surface area contributed by atoms with Crippen LogP contribution in [-0.2, 0) is 9.68 Å². The van der Waals surface area contributed by atoms with Crippen LogP contribution < -0.4 is 9.47 Å². The predicted molar refractivity (Wildman–Crippen MR) is 166 cm³/mol. The van der Waals surface area contributed by atoms with Gasteiger partial charge in [-0.05, 0) is 72.5 Å². The van der Waals surface area contributed by atoms with Gasteiger partial charge in [-0.1, -0.05) is 82.0 Å². The molecule has 214 valence electrons. The third kappa shape index (κ3) is 7.07. The van der Waals surface area contributed by atoms with Crippen molar-refractivity contribution in [1.29, 1.82) is 0 Å². The van der Waals surface area contributed by atoms with Crippen LogP contribution in [0, 0.1) is 0 Å². The molecule has 4 aromatic rings. The van der Waals surface area contributed by atoms with Gasteiger partial charge in [-0.15, -0.1) is 0 Å². The molecule has 2 heterocycles. The molecule has 0 saturated carbocycles. The number of unbranched alkanes of at least 4 members (excludes halogenated alkanes) is 1. The maximum Gasteiger partial charge on any atom is 0.158 e. The van der Waals surface area contributed by atoms with Crippen LogP contribution in [0.3, 0.4) is 0 Å². The lowest BCUT2D eigenvalue weighted by Gasteiger charge is -2.10. The molecule has 0 aliphatic carbocycles. The van der Waals surface area contributed by atoms with Gasteiger partial charge in [0, 0.05) is 34.0 Å².